The number of aromatic nitrogens is 4. The number of ether oxygens (including phenoxy) is 2. The summed E-state index contributed by atoms with van der Waals surface area (Å²) in [7, 11) is 5.86. The van der Waals surface area contributed by atoms with Crippen molar-refractivity contribution in [3.8, 4) is 22.8 Å². The Morgan fingerprint density at radius 3 is 2.19 bits per heavy atom. The SMILES string of the molecule is COC(=O)Nc1ccc(-c2nc3c(c(=O)n(C)c(=O)n3C)n2-c2ccc(OC)cc2)cc1. The van der Waals surface area contributed by atoms with E-state index in [4.69, 9.17) is 4.74 Å². The summed E-state index contributed by atoms with van der Waals surface area (Å²) < 4.78 is 13.9. The summed E-state index contributed by atoms with van der Waals surface area (Å²) >= 11 is 0. The van der Waals surface area contributed by atoms with E-state index >= 15 is 0 Å². The lowest BCUT2D eigenvalue weighted by atomic mass is 10.2. The number of nitrogens with one attached hydrogen (secondary N) is 1. The second kappa shape index (κ2) is 8.06. The van der Waals surface area contributed by atoms with Gasteiger partial charge in [-0.1, -0.05) is 0 Å². The molecule has 0 bridgehead atoms. The fourth-order valence-corrected chi connectivity index (χ4v) is 3.44. The maximum atomic E-state index is 13.1. The number of nitrogens with zero attached hydrogens (tertiary/aromatic N) is 4. The van der Waals surface area contributed by atoms with Crippen LogP contribution in [-0.2, 0) is 18.8 Å². The second-order valence-corrected chi connectivity index (χ2v) is 7.04. The molecule has 4 rings (SSSR count). The largest absolute Gasteiger partial charge is 0.497 e. The lowest BCUT2D eigenvalue weighted by molar-refractivity contribution is 0.187. The summed E-state index contributed by atoms with van der Waals surface area (Å²) in [4.78, 5) is 41.6. The zero-order chi connectivity index (χ0) is 23.0. The third-order valence-electron chi connectivity index (χ3n) is 5.16. The fourth-order valence-electron chi connectivity index (χ4n) is 3.44. The molecule has 0 atom stereocenters. The van der Waals surface area contributed by atoms with E-state index in [1.807, 2.05) is 0 Å². The van der Waals surface area contributed by atoms with Gasteiger partial charge in [0.25, 0.3) is 5.56 Å². The first-order valence-corrected chi connectivity index (χ1v) is 9.64. The van der Waals surface area contributed by atoms with Gasteiger partial charge in [-0.05, 0) is 48.5 Å². The average Bonchev–Trinajstić information content (AvgIpc) is 3.22. The predicted octanol–water partition coefficient (Wildman–Crippen LogP) is 2.28. The van der Waals surface area contributed by atoms with Gasteiger partial charge in [-0.15, -0.1) is 0 Å². The maximum Gasteiger partial charge on any atom is 0.411 e. The monoisotopic (exact) mass is 435 g/mol. The second-order valence-electron chi connectivity index (χ2n) is 7.04. The molecule has 0 saturated heterocycles. The Bertz CT molecular complexity index is 1430. The summed E-state index contributed by atoms with van der Waals surface area (Å²) in [5.74, 6) is 1.13. The first kappa shape index (κ1) is 20.9. The van der Waals surface area contributed by atoms with E-state index in [1.54, 1.807) is 67.3 Å². The van der Waals surface area contributed by atoms with E-state index in [1.165, 1.54) is 18.7 Å². The van der Waals surface area contributed by atoms with Crippen LogP contribution < -0.4 is 21.3 Å². The number of aryl methyl sites for hydroxylation is 1. The molecule has 10 heteroatoms. The van der Waals surface area contributed by atoms with E-state index in [-0.39, 0.29) is 11.2 Å². The Hall–Kier alpha value is -4.34. The van der Waals surface area contributed by atoms with E-state index in [0.717, 1.165) is 4.57 Å². The van der Waals surface area contributed by atoms with Gasteiger partial charge >= 0.3 is 11.8 Å². The number of amides is 1. The van der Waals surface area contributed by atoms with Gasteiger partial charge in [-0.25, -0.2) is 14.6 Å². The van der Waals surface area contributed by atoms with Crippen molar-refractivity contribution in [2.75, 3.05) is 19.5 Å². The van der Waals surface area contributed by atoms with Crippen LogP contribution in [-0.4, -0.2) is 39.0 Å². The highest BCUT2D eigenvalue weighted by atomic mass is 16.5. The fraction of sp³-hybridized carbons (Fsp3) is 0.182. The number of rotatable bonds is 4. The summed E-state index contributed by atoms with van der Waals surface area (Å²) in [6, 6.07) is 14.1. The number of methoxy groups -OCH3 is 2. The summed E-state index contributed by atoms with van der Waals surface area (Å²) in [6.07, 6.45) is -0.582. The van der Waals surface area contributed by atoms with Crippen molar-refractivity contribution < 1.29 is 14.3 Å². The molecule has 0 fully saturated rings. The number of hydrogen-bond donors (Lipinski definition) is 1. The minimum absolute atomic E-state index is 0.265. The van der Waals surface area contributed by atoms with E-state index in [9.17, 15) is 14.4 Å². The van der Waals surface area contributed by atoms with Crippen LogP contribution in [0.4, 0.5) is 10.5 Å². The van der Waals surface area contributed by atoms with Gasteiger partial charge in [0, 0.05) is 31.0 Å². The molecule has 2 aromatic carbocycles. The number of hydrogen-bond acceptors (Lipinski definition) is 6. The van der Waals surface area contributed by atoms with Gasteiger partial charge in [0.15, 0.2) is 11.2 Å². The summed E-state index contributed by atoms with van der Waals surface area (Å²) in [5.41, 5.74) is 1.51. The first-order valence-electron chi connectivity index (χ1n) is 9.64. The number of anilines is 1. The van der Waals surface area contributed by atoms with Gasteiger partial charge in [0.1, 0.15) is 11.6 Å². The Balaban J connectivity index is 1.98. The summed E-state index contributed by atoms with van der Waals surface area (Å²) in [5, 5.41) is 2.59. The maximum absolute atomic E-state index is 13.1. The van der Waals surface area contributed by atoms with Crippen molar-refractivity contribution in [3.63, 3.8) is 0 Å². The molecule has 2 heterocycles. The van der Waals surface area contributed by atoms with Crippen LogP contribution >= 0.6 is 0 Å². The van der Waals surface area contributed by atoms with Crippen LogP contribution in [0.2, 0.25) is 0 Å². The van der Waals surface area contributed by atoms with Crippen molar-refractivity contribution in [1.82, 2.24) is 18.7 Å². The van der Waals surface area contributed by atoms with Crippen molar-refractivity contribution >= 4 is 22.9 Å². The molecular formula is C22H21N5O5. The predicted molar refractivity (Wildman–Crippen MR) is 120 cm³/mol. The molecule has 0 aliphatic heterocycles. The molecule has 1 amide bonds. The van der Waals surface area contributed by atoms with Crippen LogP contribution in [0.3, 0.4) is 0 Å². The Morgan fingerprint density at radius 2 is 1.59 bits per heavy atom. The minimum atomic E-state index is -0.582. The topological polar surface area (TPSA) is 109 Å². The van der Waals surface area contributed by atoms with Gasteiger partial charge in [0.2, 0.25) is 0 Å². The molecule has 10 nitrogen and oxygen atoms in total. The highest BCUT2D eigenvalue weighted by Crippen LogP contribution is 2.28. The van der Waals surface area contributed by atoms with Crippen LogP contribution in [0.1, 0.15) is 0 Å². The molecule has 0 unspecified atom stereocenters. The third-order valence-corrected chi connectivity index (χ3v) is 5.16. The number of carbonyl (C=O) groups excluding carboxylic acids is 1. The van der Waals surface area contributed by atoms with Crippen molar-refractivity contribution in [3.05, 3.63) is 69.4 Å². The average molecular weight is 435 g/mol. The molecule has 0 saturated carbocycles. The Kier molecular flexibility index (Phi) is 5.27. The molecule has 0 aliphatic carbocycles. The van der Waals surface area contributed by atoms with Gasteiger partial charge in [-0.3, -0.25) is 23.8 Å². The van der Waals surface area contributed by atoms with Gasteiger partial charge < -0.3 is 9.47 Å². The van der Waals surface area contributed by atoms with Crippen LogP contribution in [0.15, 0.2) is 58.1 Å². The Labute approximate surface area is 182 Å². The highest BCUT2D eigenvalue weighted by Gasteiger charge is 2.21. The van der Waals surface area contributed by atoms with Crippen molar-refractivity contribution in [2.45, 2.75) is 0 Å². The van der Waals surface area contributed by atoms with E-state index in [2.05, 4.69) is 15.0 Å². The summed E-state index contributed by atoms with van der Waals surface area (Å²) in [6.45, 7) is 0. The Morgan fingerprint density at radius 1 is 0.938 bits per heavy atom. The number of carbonyl (C=O) groups is 1. The molecule has 1 N–H and O–H groups in total. The molecule has 0 radical (unpaired) electrons. The lowest BCUT2D eigenvalue weighted by Crippen LogP contribution is -2.37. The van der Waals surface area contributed by atoms with Gasteiger partial charge in [-0.2, -0.15) is 0 Å². The quantitative estimate of drug-likeness (QED) is 0.527. The number of imidazole rings is 1. The molecule has 0 spiro atoms. The van der Waals surface area contributed by atoms with Crippen LogP contribution in [0, 0.1) is 0 Å². The van der Waals surface area contributed by atoms with Crippen LogP contribution in [0.25, 0.3) is 28.2 Å². The first-order chi connectivity index (χ1) is 15.3. The molecule has 164 valence electrons. The van der Waals surface area contributed by atoms with Crippen molar-refractivity contribution in [2.24, 2.45) is 14.1 Å². The smallest absolute Gasteiger partial charge is 0.411 e. The van der Waals surface area contributed by atoms with Gasteiger partial charge in [0.05, 0.1) is 14.2 Å². The third kappa shape index (κ3) is 3.41. The number of fused-ring (bicyclic) bond motifs is 1. The molecule has 2 aromatic heterocycles. The lowest BCUT2D eigenvalue weighted by Gasteiger charge is -2.11. The van der Waals surface area contributed by atoms with E-state index < -0.39 is 17.3 Å². The molecular weight excluding hydrogens is 414 g/mol. The normalized spacial score (nSPS) is 10.9. The zero-order valence-corrected chi connectivity index (χ0v) is 17.9. The molecule has 0 aliphatic rings. The number of benzene rings is 2. The van der Waals surface area contributed by atoms with Crippen molar-refractivity contribution in [1.29, 1.82) is 0 Å². The van der Waals surface area contributed by atoms with Crippen LogP contribution in [0.5, 0.6) is 5.75 Å². The highest BCUT2D eigenvalue weighted by molar-refractivity contribution is 5.85. The molecule has 4 aromatic rings. The van der Waals surface area contributed by atoms with E-state index in [0.29, 0.717) is 28.5 Å². The molecule has 32 heavy (non-hydrogen) atoms. The standard InChI is InChI=1S/C22H21N5O5/c1-25-19-17(20(28)26(2)22(25)30)27(15-9-11-16(31-3)12-10-15)18(24-19)13-5-7-14(8-6-13)23-21(29)32-4/h5-12H,1-4H3,(H,23,29). The minimum Gasteiger partial charge on any atom is -0.497 e. The zero-order valence-electron chi connectivity index (χ0n) is 17.9.